The highest BCUT2D eigenvalue weighted by Crippen LogP contribution is 2.29. The van der Waals surface area contributed by atoms with Gasteiger partial charge in [-0.05, 0) is 54.7 Å². The Hall–Kier alpha value is -3.06. The van der Waals surface area contributed by atoms with Crippen LogP contribution in [0.5, 0.6) is 0 Å². The number of nitrogens with one attached hydrogen (secondary N) is 2. The molecule has 0 saturated carbocycles. The molecular formula is C23H24N4O2S. The van der Waals surface area contributed by atoms with E-state index in [0.717, 1.165) is 24.4 Å². The lowest BCUT2D eigenvalue weighted by atomic mass is 9.87. The second-order valence-corrected chi connectivity index (χ2v) is 8.29. The number of aryl methyl sites for hydroxylation is 2. The van der Waals surface area contributed by atoms with Gasteiger partial charge < -0.3 is 15.2 Å². The van der Waals surface area contributed by atoms with E-state index in [2.05, 4.69) is 27.8 Å². The van der Waals surface area contributed by atoms with E-state index in [9.17, 15) is 9.59 Å². The van der Waals surface area contributed by atoms with E-state index in [4.69, 9.17) is 0 Å². The molecule has 30 heavy (non-hydrogen) atoms. The first-order chi connectivity index (χ1) is 14.6. The van der Waals surface area contributed by atoms with Gasteiger partial charge in [-0.1, -0.05) is 36.0 Å². The Kier molecular flexibility index (Phi) is 6.18. The summed E-state index contributed by atoms with van der Waals surface area (Å²) >= 11 is 1.38. The van der Waals surface area contributed by atoms with Crippen LogP contribution in [0.4, 0.5) is 5.69 Å². The summed E-state index contributed by atoms with van der Waals surface area (Å²) in [6, 6.07) is 15.3. The SMILES string of the molecule is Cn1ccnc1SCC(=O)Nc1ccc(C(=O)N[C@H]2CCCc3ccccc32)cc1. The maximum Gasteiger partial charge on any atom is 0.251 e. The summed E-state index contributed by atoms with van der Waals surface area (Å²) in [5.74, 6) is 0.0627. The summed E-state index contributed by atoms with van der Waals surface area (Å²) in [7, 11) is 1.89. The van der Waals surface area contributed by atoms with Gasteiger partial charge in [0, 0.05) is 30.7 Å². The van der Waals surface area contributed by atoms with Gasteiger partial charge in [-0.25, -0.2) is 4.98 Å². The third-order valence-electron chi connectivity index (χ3n) is 5.21. The van der Waals surface area contributed by atoms with Crippen LogP contribution in [-0.2, 0) is 18.3 Å². The summed E-state index contributed by atoms with van der Waals surface area (Å²) in [4.78, 5) is 29.1. The van der Waals surface area contributed by atoms with E-state index in [0.29, 0.717) is 11.3 Å². The Morgan fingerprint density at radius 2 is 1.97 bits per heavy atom. The van der Waals surface area contributed by atoms with Gasteiger partial charge in [-0.3, -0.25) is 9.59 Å². The number of anilines is 1. The van der Waals surface area contributed by atoms with E-state index >= 15 is 0 Å². The van der Waals surface area contributed by atoms with Crippen molar-refractivity contribution in [1.29, 1.82) is 0 Å². The van der Waals surface area contributed by atoms with Crippen LogP contribution in [0.25, 0.3) is 0 Å². The normalized spacial score (nSPS) is 15.3. The minimum absolute atomic E-state index is 0.0463. The summed E-state index contributed by atoms with van der Waals surface area (Å²) < 4.78 is 1.87. The molecule has 0 unspecified atom stereocenters. The summed E-state index contributed by atoms with van der Waals surface area (Å²) in [5, 5.41) is 6.80. The van der Waals surface area contributed by atoms with E-state index in [1.807, 2.05) is 29.9 Å². The molecule has 0 fully saturated rings. The minimum Gasteiger partial charge on any atom is -0.345 e. The molecule has 3 aromatic rings. The molecule has 2 N–H and O–H groups in total. The lowest BCUT2D eigenvalue weighted by molar-refractivity contribution is -0.113. The van der Waals surface area contributed by atoms with Crippen molar-refractivity contribution in [2.24, 2.45) is 7.05 Å². The Labute approximate surface area is 180 Å². The highest BCUT2D eigenvalue weighted by Gasteiger charge is 2.21. The molecule has 0 aliphatic heterocycles. The number of aromatic nitrogens is 2. The third kappa shape index (κ3) is 4.74. The topological polar surface area (TPSA) is 76.0 Å². The molecule has 1 atom stereocenters. The van der Waals surface area contributed by atoms with Crippen LogP contribution in [0.2, 0.25) is 0 Å². The van der Waals surface area contributed by atoms with Crippen molar-refractivity contribution in [1.82, 2.24) is 14.9 Å². The van der Waals surface area contributed by atoms with Gasteiger partial charge in [0.1, 0.15) is 0 Å². The standard InChI is InChI=1S/C23H24N4O2S/c1-27-14-13-24-23(27)30-15-21(28)25-18-11-9-17(10-12-18)22(29)26-20-8-4-6-16-5-2-3-7-19(16)20/h2-3,5,7,9-14,20H,4,6,8,15H2,1H3,(H,25,28)(H,26,29)/t20-/m0/s1. The van der Waals surface area contributed by atoms with Gasteiger partial charge in [0.15, 0.2) is 5.16 Å². The molecule has 1 aromatic heterocycles. The van der Waals surface area contributed by atoms with Crippen molar-refractivity contribution in [3.8, 4) is 0 Å². The van der Waals surface area contributed by atoms with Gasteiger partial charge in [0.05, 0.1) is 11.8 Å². The molecular weight excluding hydrogens is 396 g/mol. The van der Waals surface area contributed by atoms with Crippen molar-refractivity contribution in [3.05, 3.63) is 77.6 Å². The first-order valence-electron chi connectivity index (χ1n) is 9.99. The number of fused-ring (bicyclic) bond motifs is 1. The number of rotatable bonds is 6. The number of imidazole rings is 1. The first kappa shape index (κ1) is 20.2. The molecule has 0 radical (unpaired) electrons. The number of hydrogen-bond donors (Lipinski definition) is 2. The van der Waals surface area contributed by atoms with Crippen LogP contribution in [0.1, 0.15) is 40.4 Å². The molecule has 0 saturated heterocycles. The number of hydrogen-bond acceptors (Lipinski definition) is 4. The average molecular weight is 421 g/mol. The first-order valence-corrected chi connectivity index (χ1v) is 11.0. The van der Waals surface area contributed by atoms with Gasteiger partial charge in [-0.15, -0.1) is 0 Å². The zero-order chi connectivity index (χ0) is 20.9. The molecule has 6 nitrogen and oxygen atoms in total. The van der Waals surface area contributed by atoms with Crippen molar-refractivity contribution >= 4 is 29.3 Å². The van der Waals surface area contributed by atoms with Gasteiger partial charge >= 0.3 is 0 Å². The quantitative estimate of drug-likeness (QED) is 0.592. The predicted octanol–water partition coefficient (Wildman–Crippen LogP) is 3.96. The van der Waals surface area contributed by atoms with E-state index < -0.39 is 0 Å². The smallest absolute Gasteiger partial charge is 0.251 e. The molecule has 0 bridgehead atoms. The fraction of sp³-hybridized carbons (Fsp3) is 0.261. The Balaban J connectivity index is 1.32. The molecule has 2 aromatic carbocycles. The van der Waals surface area contributed by atoms with Crippen LogP contribution >= 0.6 is 11.8 Å². The second-order valence-electron chi connectivity index (χ2n) is 7.35. The highest BCUT2D eigenvalue weighted by molar-refractivity contribution is 7.99. The van der Waals surface area contributed by atoms with E-state index in [-0.39, 0.29) is 23.6 Å². The number of thioether (sulfide) groups is 1. The minimum atomic E-state index is -0.112. The van der Waals surface area contributed by atoms with Gasteiger partial charge in [0.25, 0.3) is 5.91 Å². The van der Waals surface area contributed by atoms with E-state index in [1.165, 1.54) is 22.9 Å². The number of benzene rings is 2. The van der Waals surface area contributed by atoms with Crippen LogP contribution in [0, 0.1) is 0 Å². The molecule has 1 aliphatic carbocycles. The van der Waals surface area contributed by atoms with Crippen molar-refractivity contribution in [3.63, 3.8) is 0 Å². The molecule has 2 amide bonds. The maximum absolute atomic E-state index is 12.7. The lowest BCUT2D eigenvalue weighted by Gasteiger charge is -2.26. The number of carbonyl (C=O) groups is 2. The van der Waals surface area contributed by atoms with Gasteiger partial charge in [-0.2, -0.15) is 0 Å². The predicted molar refractivity (Wildman–Crippen MR) is 119 cm³/mol. The van der Waals surface area contributed by atoms with Gasteiger partial charge in [0.2, 0.25) is 5.91 Å². The lowest BCUT2D eigenvalue weighted by Crippen LogP contribution is -2.30. The number of carbonyl (C=O) groups excluding carboxylic acids is 2. The fourth-order valence-corrected chi connectivity index (χ4v) is 4.40. The Bertz CT molecular complexity index is 1050. The third-order valence-corrected chi connectivity index (χ3v) is 6.27. The number of nitrogens with zero attached hydrogens (tertiary/aromatic N) is 2. The Morgan fingerprint density at radius 3 is 2.73 bits per heavy atom. The van der Waals surface area contributed by atoms with Crippen LogP contribution in [0.15, 0.2) is 66.1 Å². The molecule has 1 heterocycles. The summed E-state index contributed by atoms with van der Waals surface area (Å²) in [6.45, 7) is 0. The fourth-order valence-electron chi connectivity index (χ4n) is 3.67. The summed E-state index contributed by atoms with van der Waals surface area (Å²) in [5.41, 5.74) is 3.78. The largest absolute Gasteiger partial charge is 0.345 e. The Morgan fingerprint density at radius 1 is 1.17 bits per heavy atom. The molecule has 4 rings (SSSR count). The number of amides is 2. The van der Waals surface area contributed by atoms with Crippen molar-refractivity contribution in [2.45, 2.75) is 30.5 Å². The summed E-state index contributed by atoms with van der Waals surface area (Å²) in [6.07, 6.45) is 6.63. The molecule has 1 aliphatic rings. The molecule has 154 valence electrons. The second kappa shape index (κ2) is 9.17. The average Bonchev–Trinajstić information content (AvgIpc) is 3.18. The zero-order valence-corrected chi connectivity index (χ0v) is 17.6. The molecule has 0 spiro atoms. The van der Waals surface area contributed by atoms with Crippen molar-refractivity contribution < 1.29 is 9.59 Å². The van der Waals surface area contributed by atoms with Crippen LogP contribution in [-0.4, -0.2) is 27.1 Å². The maximum atomic E-state index is 12.7. The van der Waals surface area contributed by atoms with E-state index in [1.54, 1.807) is 30.5 Å². The van der Waals surface area contributed by atoms with Crippen LogP contribution < -0.4 is 10.6 Å². The van der Waals surface area contributed by atoms with Crippen LogP contribution in [0.3, 0.4) is 0 Å². The van der Waals surface area contributed by atoms with Crippen molar-refractivity contribution in [2.75, 3.05) is 11.1 Å². The molecule has 7 heteroatoms. The highest BCUT2D eigenvalue weighted by atomic mass is 32.2. The zero-order valence-electron chi connectivity index (χ0n) is 16.8. The monoisotopic (exact) mass is 420 g/mol.